The molecule has 0 spiro atoms. The summed E-state index contributed by atoms with van der Waals surface area (Å²) in [5, 5.41) is 10.0. The minimum Gasteiger partial charge on any atom is -0.388 e. The Morgan fingerprint density at radius 3 is 2.39 bits per heavy atom. The molecule has 3 nitrogen and oxygen atoms in total. The first-order valence-corrected chi connectivity index (χ1v) is 6.63. The smallest absolute Gasteiger partial charge is 0.254 e. The van der Waals surface area contributed by atoms with E-state index in [0.29, 0.717) is 25.1 Å². The van der Waals surface area contributed by atoms with Crippen LogP contribution in [0.2, 0.25) is 0 Å². The van der Waals surface area contributed by atoms with Crippen molar-refractivity contribution in [1.29, 1.82) is 0 Å². The molecule has 0 radical (unpaired) electrons. The normalized spacial score (nSPS) is 12.3. The fourth-order valence-corrected chi connectivity index (χ4v) is 2.15. The molecule has 1 aromatic carbocycles. The van der Waals surface area contributed by atoms with Gasteiger partial charge in [-0.3, -0.25) is 4.79 Å². The van der Waals surface area contributed by atoms with Gasteiger partial charge in [0.2, 0.25) is 0 Å². The summed E-state index contributed by atoms with van der Waals surface area (Å²) in [4.78, 5) is 14.3. The van der Waals surface area contributed by atoms with Crippen LogP contribution in [0.15, 0.2) is 18.2 Å². The van der Waals surface area contributed by atoms with Crippen molar-refractivity contribution in [2.45, 2.75) is 40.2 Å². The van der Waals surface area contributed by atoms with Crippen molar-refractivity contribution in [1.82, 2.24) is 4.90 Å². The molecule has 1 aromatic rings. The van der Waals surface area contributed by atoms with Gasteiger partial charge in [0, 0.05) is 18.7 Å². The van der Waals surface area contributed by atoms with Crippen molar-refractivity contribution >= 4 is 5.91 Å². The largest absolute Gasteiger partial charge is 0.388 e. The first-order valence-electron chi connectivity index (χ1n) is 6.63. The maximum atomic E-state index is 12.5. The van der Waals surface area contributed by atoms with Gasteiger partial charge in [0.05, 0.1) is 6.10 Å². The second kappa shape index (κ2) is 6.55. The van der Waals surface area contributed by atoms with E-state index in [9.17, 15) is 9.90 Å². The van der Waals surface area contributed by atoms with Gasteiger partial charge in [-0.2, -0.15) is 0 Å². The molecule has 1 amide bonds. The Balaban J connectivity index is 3.25. The summed E-state index contributed by atoms with van der Waals surface area (Å²) in [5.74, 6) is 0.0144. The molecule has 1 N–H and O–H groups in total. The van der Waals surface area contributed by atoms with Gasteiger partial charge in [-0.15, -0.1) is 0 Å². The third-order valence-corrected chi connectivity index (χ3v) is 3.32. The van der Waals surface area contributed by atoms with E-state index in [0.717, 1.165) is 11.1 Å². The molecule has 3 heteroatoms. The number of hydrogen-bond donors (Lipinski definition) is 1. The van der Waals surface area contributed by atoms with Gasteiger partial charge in [-0.05, 0) is 38.3 Å². The molecule has 1 rings (SSSR count). The molecular weight excluding hydrogens is 226 g/mol. The highest BCUT2D eigenvalue weighted by molar-refractivity contribution is 5.97. The van der Waals surface area contributed by atoms with Crippen molar-refractivity contribution in [2.75, 3.05) is 13.1 Å². The maximum Gasteiger partial charge on any atom is 0.254 e. The number of aryl methyl sites for hydroxylation is 1. The Labute approximate surface area is 109 Å². The van der Waals surface area contributed by atoms with Gasteiger partial charge < -0.3 is 10.0 Å². The van der Waals surface area contributed by atoms with Crippen LogP contribution in [0.3, 0.4) is 0 Å². The topological polar surface area (TPSA) is 40.5 Å². The van der Waals surface area contributed by atoms with Crippen molar-refractivity contribution in [3.8, 4) is 0 Å². The average molecular weight is 249 g/mol. The number of benzene rings is 1. The van der Waals surface area contributed by atoms with Crippen molar-refractivity contribution in [3.63, 3.8) is 0 Å². The molecule has 0 fully saturated rings. The molecule has 18 heavy (non-hydrogen) atoms. The Morgan fingerprint density at radius 2 is 1.89 bits per heavy atom. The summed E-state index contributed by atoms with van der Waals surface area (Å²) in [6.45, 7) is 9.14. The second-order valence-corrected chi connectivity index (χ2v) is 4.44. The predicted octanol–water partition coefficient (Wildman–Crippen LogP) is 2.92. The van der Waals surface area contributed by atoms with E-state index in [4.69, 9.17) is 0 Å². The zero-order valence-corrected chi connectivity index (χ0v) is 11.7. The van der Waals surface area contributed by atoms with Crippen molar-refractivity contribution in [3.05, 3.63) is 34.9 Å². The van der Waals surface area contributed by atoms with Gasteiger partial charge >= 0.3 is 0 Å². The second-order valence-electron chi connectivity index (χ2n) is 4.44. The van der Waals surface area contributed by atoms with Gasteiger partial charge in [-0.1, -0.05) is 25.1 Å². The average Bonchev–Trinajstić information content (AvgIpc) is 2.38. The van der Waals surface area contributed by atoms with E-state index in [1.807, 2.05) is 45.9 Å². The lowest BCUT2D eigenvalue weighted by molar-refractivity contribution is 0.0764. The van der Waals surface area contributed by atoms with Crippen LogP contribution in [-0.4, -0.2) is 29.0 Å². The minimum atomic E-state index is -0.570. The molecule has 0 bridgehead atoms. The molecule has 0 saturated heterocycles. The number of amides is 1. The van der Waals surface area contributed by atoms with Crippen LogP contribution in [0.5, 0.6) is 0 Å². The Morgan fingerprint density at radius 1 is 1.28 bits per heavy atom. The fraction of sp³-hybridized carbons (Fsp3) is 0.533. The van der Waals surface area contributed by atoms with E-state index in [-0.39, 0.29) is 5.91 Å². The third-order valence-electron chi connectivity index (χ3n) is 3.32. The number of aliphatic hydroxyl groups excluding tert-OH is 1. The third kappa shape index (κ3) is 2.91. The van der Waals surface area contributed by atoms with Gasteiger partial charge in [0.15, 0.2) is 0 Å². The SMILES string of the molecule is CC[C@H](O)c1cccc(C)c1C(=O)N(CC)CC. The molecular formula is C15H23NO2. The fourth-order valence-electron chi connectivity index (χ4n) is 2.15. The lowest BCUT2D eigenvalue weighted by Gasteiger charge is -2.23. The van der Waals surface area contributed by atoms with E-state index < -0.39 is 6.10 Å². The van der Waals surface area contributed by atoms with Crippen LogP contribution < -0.4 is 0 Å². The molecule has 100 valence electrons. The lowest BCUT2D eigenvalue weighted by atomic mass is 9.95. The number of hydrogen-bond acceptors (Lipinski definition) is 2. The molecule has 0 unspecified atom stereocenters. The quantitative estimate of drug-likeness (QED) is 0.871. The summed E-state index contributed by atoms with van der Waals surface area (Å²) < 4.78 is 0. The van der Waals surface area contributed by atoms with E-state index in [1.165, 1.54) is 0 Å². The first-order chi connectivity index (χ1) is 8.56. The van der Waals surface area contributed by atoms with E-state index in [1.54, 1.807) is 4.90 Å². The molecule has 0 saturated carbocycles. The highest BCUT2D eigenvalue weighted by Crippen LogP contribution is 2.24. The molecule has 0 aliphatic heterocycles. The number of aliphatic hydroxyl groups is 1. The molecule has 0 heterocycles. The summed E-state index contributed by atoms with van der Waals surface area (Å²) in [7, 11) is 0. The van der Waals surface area contributed by atoms with Crippen LogP contribution in [0, 0.1) is 6.92 Å². The number of carbonyl (C=O) groups excluding carboxylic acids is 1. The number of rotatable bonds is 5. The molecule has 0 aliphatic carbocycles. The van der Waals surface area contributed by atoms with Crippen molar-refractivity contribution < 1.29 is 9.90 Å². The predicted molar refractivity (Wildman–Crippen MR) is 73.7 cm³/mol. The van der Waals surface area contributed by atoms with Crippen LogP contribution in [0.25, 0.3) is 0 Å². The van der Waals surface area contributed by atoms with Crippen LogP contribution in [-0.2, 0) is 0 Å². The van der Waals surface area contributed by atoms with Crippen LogP contribution in [0.4, 0.5) is 0 Å². The molecule has 0 aliphatic rings. The Bertz CT molecular complexity index is 411. The summed E-state index contributed by atoms with van der Waals surface area (Å²) >= 11 is 0. The molecule has 0 aromatic heterocycles. The lowest BCUT2D eigenvalue weighted by Crippen LogP contribution is -2.32. The minimum absolute atomic E-state index is 0.0144. The Kier molecular flexibility index (Phi) is 5.35. The summed E-state index contributed by atoms with van der Waals surface area (Å²) in [6.07, 6.45) is 0.0431. The summed E-state index contributed by atoms with van der Waals surface area (Å²) in [5.41, 5.74) is 2.34. The first kappa shape index (κ1) is 14.7. The zero-order valence-electron chi connectivity index (χ0n) is 11.7. The van der Waals surface area contributed by atoms with E-state index in [2.05, 4.69) is 0 Å². The highest BCUT2D eigenvalue weighted by atomic mass is 16.3. The molecule has 1 atom stereocenters. The maximum absolute atomic E-state index is 12.5. The number of carbonyl (C=O) groups is 1. The monoisotopic (exact) mass is 249 g/mol. The van der Waals surface area contributed by atoms with Crippen LogP contribution >= 0.6 is 0 Å². The van der Waals surface area contributed by atoms with Gasteiger partial charge in [-0.25, -0.2) is 0 Å². The highest BCUT2D eigenvalue weighted by Gasteiger charge is 2.21. The summed E-state index contributed by atoms with van der Waals surface area (Å²) in [6, 6.07) is 5.66. The Hall–Kier alpha value is -1.35. The zero-order chi connectivity index (χ0) is 13.7. The van der Waals surface area contributed by atoms with Gasteiger partial charge in [0.1, 0.15) is 0 Å². The van der Waals surface area contributed by atoms with Crippen LogP contribution in [0.1, 0.15) is 54.8 Å². The standard InChI is InChI=1S/C15H23NO2/c1-5-13(17)12-10-8-9-11(4)14(12)15(18)16(6-2)7-3/h8-10,13,17H,5-7H2,1-4H3/t13-/m0/s1. The van der Waals surface area contributed by atoms with E-state index >= 15 is 0 Å². The van der Waals surface area contributed by atoms with Crippen molar-refractivity contribution in [2.24, 2.45) is 0 Å². The number of nitrogens with zero attached hydrogens (tertiary/aromatic N) is 1. The van der Waals surface area contributed by atoms with Gasteiger partial charge in [0.25, 0.3) is 5.91 Å².